The van der Waals surface area contributed by atoms with Crippen molar-refractivity contribution >= 4 is 23.8 Å². The van der Waals surface area contributed by atoms with Crippen molar-refractivity contribution in [1.82, 2.24) is 21.1 Å². The number of nitrogens with one attached hydrogen (secondary N) is 3. The van der Waals surface area contributed by atoms with E-state index >= 15 is 0 Å². The summed E-state index contributed by atoms with van der Waals surface area (Å²) < 4.78 is 0. The molecule has 0 aromatic heterocycles. The summed E-state index contributed by atoms with van der Waals surface area (Å²) in [6.07, 6.45) is 3.48. The molecule has 8 heteroatoms. The van der Waals surface area contributed by atoms with E-state index < -0.39 is 23.4 Å². The van der Waals surface area contributed by atoms with Crippen LogP contribution < -0.4 is 16.1 Å². The quantitative estimate of drug-likeness (QED) is 0.439. The molecule has 3 rings (SSSR count). The molecule has 3 N–H and O–H groups in total. The fraction of sp³-hybridized carbons (Fsp3) is 0.500. The van der Waals surface area contributed by atoms with E-state index in [4.69, 9.17) is 0 Å². The average molecular weight is 386 g/mol. The van der Waals surface area contributed by atoms with E-state index in [0.717, 1.165) is 23.4 Å². The van der Waals surface area contributed by atoms with Crippen LogP contribution in [0.25, 0.3) is 0 Å². The number of carbonyl (C=O) groups is 4. The standard InChI is InChI=1S/C20H26N4O4/c1-20(12-11-14-6-3-2-4-7-14)18(27)24(19(28)22-20)23-16(25)8-5-13-21-17(26)15-9-10-15/h2-4,6-7,15H,5,8-13H2,1H3,(H,21,26)(H,22,28)(H,23,25). The van der Waals surface area contributed by atoms with Crippen molar-refractivity contribution in [2.24, 2.45) is 5.92 Å². The molecule has 150 valence electrons. The van der Waals surface area contributed by atoms with E-state index in [1.165, 1.54) is 0 Å². The van der Waals surface area contributed by atoms with Gasteiger partial charge in [0.2, 0.25) is 11.8 Å². The van der Waals surface area contributed by atoms with Crippen LogP contribution in [-0.4, -0.2) is 40.8 Å². The predicted molar refractivity (Wildman–Crippen MR) is 102 cm³/mol. The van der Waals surface area contributed by atoms with Crippen LogP contribution in [0.1, 0.15) is 44.6 Å². The summed E-state index contributed by atoms with van der Waals surface area (Å²) in [5.74, 6) is -0.739. The molecule has 1 saturated heterocycles. The first-order valence-electron chi connectivity index (χ1n) is 9.67. The van der Waals surface area contributed by atoms with Crippen LogP contribution in [0.2, 0.25) is 0 Å². The molecule has 2 aliphatic rings. The maximum atomic E-state index is 12.7. The number of carbonyl (C=O) groups excluding carboxylic acids is 4. The first-order valence-corrected chi connectivity index (χ1v) is 9.67. The number of hydrazine groups is 1. The van der Waals surface area contributed by atoms with Gasteiger partial charge in [-0.1, -0.05) is 30.3 Å². The Labute approximate surface area is 164 Å². The fourth-order valence-electron chi connectivity index (χ4n) is 3.13. The molecule has 5 amide bonds. The van der Waals surface area contributed by atoms with Crippen LogP contribution in [0.5, 0.6) is 0 Å². The number of aryl methyl sites for hydroxylation is 1. The van der Waals surface area contributed by atoms with Gasteiger partial charge in [-0.15, -0.1) is 0 Å². The highest BCUT2D eigenvalue weighted by molar-refractivity contribution is 6.07. The minimum atomic E-state index is -1.06. The Bertz CT molecular complexity index is 763. The van der Waals surface area contributed by atoms with E-state index in [-0.39, 0.29) is 18.2 Å². The van der Waals surface area contributed by atoms with Crippen molar-refractivity contribution in [3.63, 3.8) is 0 Å². The van der Waals surface area contributed by atoms with Crippen molar-refractivity contribution in [3.8, 4) is 0 Å². The van der Waals surface area contributed by atoms with E-state index in [9.17, 15) is 19.2 Å². The lowest BCUT2D eigenvalue weighted by molar-refractivity contribution is -0.138. The van der Waals surface area contributed by atoms with Gasteiger partial charge in [0.25, 0.3) is 5.91 Å². The average Bonchev–Trinajstić information content (AvgIpc) is 3.50. The number of benzene rings is 1. The highest BCUT2D eigenvalue weighted by Crippen LogP contribution is 2.28. The molecule has 0 spiro atoms. The second kappa shape index (κ2) is 8.41. The summed E-state index contributed by atoms with van der Waals surface area (Å²) in [6.45, 7) is 2.06. The second-order valence-electron chi connectivity index (χ2n) is 7.59. The lowest BCUT2D eigenvalue weighted by atomic mass is 9.93. The number of nitrogens with zero attached hydrogens (tertiary/aromatic N) is 1. The Balaban J connectivity index is 1.44. The molecule has 1 atom stereocenters. The molecule has 1 aromatic rings. The maximum absolute atomic E-state index is 12.7. The van der Waals surface area contributed by atoms with Gasteiger partial charge in [0.05, 0.1) is 0 Å². The first-order chi connectivity index (χ1) is 13.4. The van der Waals surface area contributed by atoms with Gasteiger partial charge < -0.3 is 10.6 Å². The zero-order valence-electron chi connectivity index (χ0n) is 16.0. The van der Waals surface area contributed by atoms with Gasteiger partial charge in [0, 0.05) is 18.9 Å². The van der Waals surface area contributed by atoms with E-state index in [1.807, 2.05) is 30.3 Å². The molecule has 1 aromatic carbocycles. The number of imide groups is 1. The molecular weight excluding hydrogens is 360 g/mol. The zero-order valence-corrected chi connectivity index (χ0v) is 16.0. The lowest BCUT2D eigenvalue weighted by Crippen LogP contribution is -2.49. The summed E-state index contributed by atoms with van der Waals surface area (Å²) in [6, 6.07) is 9.07. The van der Waals surface area contributed by atoms with Crippen molar-refractivity contribution in [3.05, 3.63) is 35.9 Å². The maximum Gasteiger partial charge on any atom is 0.344 e. The Morgan fingerprint density at radius 1 is 1.21 bits per heavy atom. The molecule has 8 nitrogen and oxygen atoms in total. The predicted octanol–water partition coefficient (Wildman–Crippen LogP) is 1.27. The molecule has 0 radical (unpaired) electrons. The van der Waals surface area contributed by atoms with E-state index in [1.54, 1.807) is 6.92 Å². The molecule has 28 heavy (non-hydrogen) atoms. The number of urea groups is 1. The third-order valence-electron chi connectivity index (χ3n) is 5.08. The monoisotopic (exact) mass is 386 g/mol. The van der Waals surface area contributed by atoms with Crippen LogP contribution >= 0.6 is 0 Å². The Hall–Kier alpha value is -2.90. The summed E-state index contributed by atoms with van der Waals surface area (Å²) in [5, 5.41) is 6.21. The van der Waals surface area contributed by atoms with Gasteiger partial charge in [-0.05, 0) is 44.6 Å². The van der Waals surface area contributed by atoms with Crippen LogP contribution in [-0.2, 0) is 20.8 Å². The summed E-state index contributed by atoms with van der Waals surface area (Å²) in [4.78, 5) is 48.4. The molecule has 1 heterocycles. The normalized spacial score (nSPS) is 21.4. The van der Waals surface area contributed by atoms with E-state index in [2.05, 4.69) is 16.1 Å². The highest BCUT2D eigenvalue weighted by atomic mass is 16.2. The van der Waals surface area contributed by atoms with Crippen LogP contribution in [0, 0.1) is 5.92 Å². The topological polar surface area (TPSA) is 108 Å². The van der Waals surface area contributed by atoms with Crippen molar-refractivity contribution < 1.29 is 19.2 Å². The summed E-state index contributed by atoms with van der Waals surface area (Å²) in [5.41, 5.74) is 2.39. The van der Waals surface area contributed by atoms with Gasteiger partial charge in [-0.3, -0.25) is 19.8 Å². The number of rotatable bonds is 9. The second-order valence-corrected chi connectivity index (χ2v) is 7.59. The van der Waals surface area contributed by atoms with Crippen LogP contribution in [0.4, 0.5) is 4.79 Å². The molecule has 1 aliphatic carbocycles. The third-order valence-corrected chi connectivity index (χ3v) is 5.08. The smallest absolute Gasteiger partial charge is 0.344 e. The molecule has 2 fully saturated rings. The number of amides is 5. The van der Waals surface area contributed by atoms with Gasteiger partial charge in [0.15, 0.2) is 0 Å². The Morgan fingerprint density at radius 2 is 1.93 bits per heavy atom. The van der Waals surface area contributed by atoms with E-state index in [0.29, 0.717) is 25.8 Å². The highest BCUT2D eigenvalue weighted by Gasteiger charge is 2.48. The minimum Gasteiger partial charge on any atom is -0.356 e. The summed E-state index contributed by atoms with van der Waals surface area (Å²) in [7, 11) is 0. The molecule has 1 unspecified atom stereocenters. The fourth-order valence-corrected chi connectivity index (χ4v) is 3.13. The van der Waals surface area contributed by atoms with Gasteiger partial charge in [0.1, 0.15) is 5.54 Å². The SMILES string of the molecule is CC1(CCc2ccccc2)NC(=O)N(NC(=O)CCCNC(=O)C2CC2)C1=O. The number of hydrogen-bond donors (Lipinski definition) is 3. The van der Waals surface area contributed by atoms with Gasteiger partial charge >= 0.3 is 6.03 Å². The van der Waals surface area contributed by atoms with Gasteiger partial charge in [-0.2, -0.15) is 5.01 Å². The first kappa shape index (κ1) is 19.9. The molecule has 1 aliphatic heterocycles. The van der Waals surface area contributed by atoms with Crippen molar-refractivity contribution in [2.45, 2.75) is 51.0 Å². The van der Waals surface area contributed by atoms with Crippen LogP contribution in [0.3, 0.4) is 0 Å². The van der Waals surface area contributed by atoms with Crippen molar-refractivity contribution in [1.29, 1.82) is 0 Å². The number of hydrogen-bond acceptors (Lipinski definition) is 4. The zero-order chi connectivity index (χ0) is 20.1. The Morgan fingerprint density at radius 3 is 2.61 bits per heavy atom. The van der Waals surface area contributed by atoms with Gasteiger partial charge in [-0.25, -0.2) is 4.79 Å². The van der Waals surface area contributed by atoms with Crippen molar-refractivity contribution in [2.75, 3.05) is 6.54 Å². The molecule has 1 saturated carbocycles. The minimum absolute atomic E-state index is 0.0312. The van der Waals surface area contributed by atoms with Crippen LogP contribution in [0.15, 0.2) is 30.3 Å². The summed E-state index contributed by atoms with van der Waals surface area (Å²) >= 11 is 0. The molecular formula is C20H26N4O4. The Kier molecular flexibility index (Phi) is 5.96. The lowest BCUT2D eigenvalue weighted by Gasteiger charge is -2.21. The largest absolute Gasteiger partial charge is 0.356 e. The third kappa shape index (κ3) is 4.88. The molecule has 0 bridgehead atoms.